The molecule has 1 aliphatic rings. The van der Waals surface area contributed by atoms with E-state index in [0.29, 0.717) is 12.6 Å². The molecule has 0 saturated carbocycles. The molecule has 1 N–H and O–H groups in total. The van der Waals surface area contributed by atoms with Gasteiger partial charge < -0.3 is 5.32 Å². The molecule has 0 bridgehead atoms. The number of hydrogen-bond acceptors (Lipinski definition) is 4. The minimum atomic E-state index is -3.24. The Labute approximate surface area is 85.6 Å². The van der Waals surface area contributed by atoms with Crippen molar-refractivity contribution in [3.8, 4) is 0 Å². The molecule has 6 heteroatoms. The van der Waals surface area contributed by atoms with Crippen molar-refractivity contribution < 1.29 is 12.6 Å². The minimum absolute atomic E-state index is 0. The monoisotopic (exact) mass is 229 g/mol. The molecule has 1 aliphatic heterocycles. The maximum Gasteiger partial charge on any atom is 0.264 e. The zero-order chi connectivity index (χ0) is 9.03. The predicted molar refractivity (Wildman–Crippen MR) is 53.7 cm³/mol. The molecule has 0 aliphatic carbocycles. The van der Waals surface area contributed by atoms with Gasteiger partial charge in [-0.25, -0.2) is 0 Å². The molecule has 0 aromatic carbocycles. The molecule has 1 atom stereocenters. The topological polar surface area (TPSA) is 55.4 Å². The van der Waals surface area contributed by atoms with Crippen LogP contribution in [0.4, 0.5) is 0 Å². The van der Waals surface area contributed by atoms with E-state index in [2.05, 4.69) is 9.50 Å². The van der Waals surface area contributed by atoms with Gasteiger partial charge in [-0.3, -0.25) is 4.18 Å². The molecular formula is C7H16ClNO3S. The minimum Gasteiger partial charge on any atom is -0.314 e. The van der Waals surface area contributed by atoms with Gasteiger partial charge in [0.15, 0.2) is 0 Å². The van der Waals surface area contributed by atoms with E-state index in [-0.39, 0.29) is 12.4 Å². The zero-order valence-electron chi connectivity index (χ0n) is 7.65. The first kappa shape index (κ1) is 13.2. The van der Waals surface area contributed by atoms with Crippen LogP contribution in [0.2, 0.25) is 0 Å². The Bertz CT molecular complexity index is 224. The van der Waals surface area contributed by atoms with Gasteiger partial charge in [0.2, 0.25) is 0 Å². The molecule has 0 radical (unpaired) electrons. The van der Waals surface area contributed by atoms with Crippen LogP contribution in [-0.4, -0.2) is 33.9 Å². The summed E-state index contributed by atoms with van der Waals surface area (Å²) in [4.78, 5) is 0. The van der Waals surface area contributed by atoms with Crippen LogP contribution in [0.3, 0.4) is 0 Å². The average Bonchev–Trinajstić information content (AvgIpc) is 2.36. The molecule has 0 spiro atoms. The number of nitrogens with one attached hydrogen (secondary N) is 1. The second-order valence-electron chi connectivity index (χ2n) is 3.11. The zero-order valence-corrected chi connectivity index (χ0v) is 9.29. The largest absolute Gasteiger partial charge is 0.314 e. The van der Waals surface area contributed by atoms with Crippen molar-refractivity contribution in [2.24, 2.45) is 0 Å². The van der Waals surface area contributed by atoms with Crippen molar-refractivity contribution >= 4 is 22.5 Å². The van der Waals surface area contributed by atoms with Crippen LogP contribution in [0.25, 0.3) is 0 Å². The van der Waals surface area contributed by atoms with Crippen LogP contribution in [0.15, 0.2) is 0 Å². The first-order valence-electron chi connectivity index (χ1n) is 4.16. The first-order chi connectivity index (χ1) is 5.58. The van der Waals surface area contributed by atoms with E-state index >= 15 is 0 Å². The van der Waals surface area contributed by atoms with E-state index in [1.54, 1.807) is 0 Å². The molecule has 4 nitrogen and oxygen atoms in total. The lowest BCUT2D eigenvalue weighted by atomic mass is 10.2. The highest BCUT2D eigenvalue weighted by atomic mass is 35.5. The Kier molecular flexibility index (Phi) is 5.87. The molecule has 1 heterocycles. The molecule has 1 rings (SSSR count). The Morgan fingerprint density at radius 2 is 2.23 bits per heavy atom. The standard InChI is InChI=1S/C7H15NO3S.ClH/c1-12(9,10)11-6-4-7-3-2-5-8-7;/h7-8H,2-6H2,1H3;1H/t7-;/m1./s1. The van der Waals surface area contributed by atoms with Gasteiger partial charge in [0.05, 0.1) is 12.9 Å². The highest BCUT2D eigenvalue weighted by molar-refractivity contribution is 7.85. The Balaban J connectivity index is 0.00000144. The van der Waals surface area contributed by atoms with Gasteiger partial charge >= 0.3 is 0 Å². The first-order valence-corrected chi connectivity index (χ1v) is 5.97. The van der Waals surface area contributed by atoms with Gasteiger partial charge in [-0.1, -0.05) is 0 Å². The summed E-state index contributed by atoms with van der Waals surface area (Å²) in [6, 6.07) is 0.451. The lowest BCUT2D eigenvalue weighted by Crippen LogP contribution is -2.23. The molecular weight excluding hydrogens is 214 g/mol. The van der Waals surface area contributed by atoms with E-state index in [1.165, 1.54) is 6.42 Å². The fourth-order valence-electron chi connectivity index (χ4n) is 1.34. The van der Waals surface area contributed by atoms with Gasteiger partial charge in [-0.2, -0.15) is 8.42 Å². The summed E-state index contributed by atoms with van der Waals surface area (Å²) in [6.07, 6.45) is 4.18. The van der Waals surface area contributed by atoms with E-state index in [1.807, 2.05) is 0 Å². The summed E-state index contributed by atoms with van der Waals surface area (Å²) >= 11 is 0. The molecule has 0 unspecified atom stereocenters. The van der Waals surface area contributed by atoms with Gasteiger partial charge in [0, 0.05) is 6.04 Å². The van der Waals surface area contributed by atoms with Crippen molar-refractivity contribution in [1.29, 1.82) is 0 Å². The molecule has 0 amide bonds. The van der Waals surface area contributed by atoms with Crippen molar-refractivity contribution in [3.05, 3.63) is 0 Å². The van der Waals surface area contributed by atoms with Gasteiger partial charge in [0.1, 0.15) is 0 Å². The Morgan fingerprint density at radius 1 is 1.54 bits per heavy atom. The van der Waals surface area contributed by atoms with Crippen LogP contribution in [-0.2, 0) is 14.3 Å². The second kappa shape index (κ2) is 5.80. The highest BCUT2D eigenvalue weighted by Gasteiger charge is 2.14. The fourth-order valence-corrected chi connectivity index (χ4v) is 1.74. The summed E-state index contributed by atoms with van der Waals surface area (Å²) in [7, 11) is -3.24. The third-order valence-electron chi connectivity index (χ3n) is 1.93. The maximum atomic E-state index is 10.6. The van der Waals surface area contributed by atoms with Gasteiger partial charge in [-0.15, -0.1) is 12.4 Å². The smallest absolute Gasteiger partial charge is 0.264 e. The van der Waals surface area contributed by atoms with Crippen molar-refractivity contribution in [2.45, 2.75) is 25.3 Å². The van der Waals surface area contributed by atoms with Gasteiger partial charge in [-0.05, 0) is 25.8 Å². The van der Waals surface area contributed by atoms with Gasteiger partial charge in [0.25, 0.3) is 10.1 Å². The Morgan fingerprint density at radius 3 is 2.69 bits per heavy atom. The maximum absolute atomic E-state index is 10.6. The number of rotatable bonds is 4. The third kappa shape index (κ3) is 6.26. The van der Waals surface area contributed by atoms with E-state index < -0.39 is 10.1 Å². The molecule has 0 aromatic rings. The molecule has 0 aromatic heterocycles. The quantitative estimate of drug-likeness (QED) is 0.715. The summed E-state index contributed by atoms with van der Waals surface area (Å²) < 4.78 is 25.7. The van der Waals surface area contributed by atoms with Crippen LogP contribution >= 0.6 is 12.4 Å². The summed E-state index contributed by atoms with van der Waals surface area (Å²) in [5.41, 5.74) is 0. The van der Waals surface area contributed by atoms with Crippen LogP contribution < -0.4 is 5.32 Å². The molecule has 1 fully saturated rings. The third-order valence-corrected chi connectivity index (χ3v) is 2.52. The van der Waals surface area contributed by atoms with Crippen molar-refractivity contribution in [2.75, 3.05) is 19.4 Å². The van der Waals surface area contributed by atoms with E-state index in [0.717, 1.165) is 25.6 Å². The van der Waals surface area contributed by atoms with Crippen LogP contribution in [0, 0.1) is 0 Å². The lowest BCUT2D eigenvalue weighted by Gasteiger charge is -2.08. The number of hydrogen-bond donors (Lipinski definition) is 1. The van der Waals surface area contributed by atoms with Crippen molar-refractivity contribution in [1.82, 2.24) is 5.32 Å². The lowest BCUT2D eigenvalue weighted by molar-refractivity contribution is 0.298. The Hall–Kier alpha value is 0.160. The summed E-state index contributed by atoms with van der Waals surface area (Å²) in [5, 5.41) is 3.27. The molecule has 80 valence electrons. The average molecular weight is 230 g/mol. The van der Waals surface area contributed by atoms with E-state index in [4.69, 9.17) is 0 Å². The summed E-state index contributed by atoms with van der Waals surface area (Å²) in [5.74, 6) is 0. The number of halogens is 1. The molecule has 1 saturated heterocycles. The normalized spacial score (nSPS) is 22.7. The predicted octanol–water partition coefficient (Wildman–Crippen LogP) is 0.526. The van der Waals surface area contributed by atoms with E-state index in [9.17, 15) is 8.42 Å². The molecule has 13 heavy (non-hydrogen) atoms. The highest BCUT2D eigenvalue weighted by Crippen LogP contribution is 2.08. The van der Waals surface area contributed by atoms with Crippen molar-refractivity contribution in [3.63, 3.8) is 0 Å². The SMILES string of the molecule is CS(=O)(=O)OCC[C@H]1CCCN1.Cl. The fraction of sp³-hybridized carbons (Fsp3) is 1.00. The van der Waals surface area contributed by atoms with Crippen LogP contribution in [0.5, 0.6) is 0 Å². The van der Waals surface area contributed by atoms with Crippen LogP contribution in [0.1, 0.15) is 19.3 Å². The second-order valence-corrected chi connectivity index (χ2v) is 4.75. The summed E-state index contributed by atoms with van der Waals surface area (Å²) in [6.45, 7) is 1.35.